The average molecular weight is 244 g/mol. The number of aliphatic hydroxyl groups excluding tert-OH is 1. The van der Waals surface area contributed by atoms with E-state index >= 15 is 0 Å². The molecule has 0 aliphatic rings. The summed E-state index contributed by atoms with van der Waals surface area (Å²) in [6.45, 7) is 0.924. The first kappa shape index (κ1) is 13.0. The van der Waals surface area contributed by atoms with E-state index < -0.39 is 11.1 Å². The normalized spacial score (nSPS) is 12.4. The minimum atomic E-state index is -2.04. The lowest BCUT2D eigenvalue weighted by Crippen LogP contribution is -2.04. The molecule has 1 aromatic carbocycles. The highest BCUT2D eigenvalue weighted by atomic mass is 32.2. The molecule has 0 aliphatic heterocycles. The van der Waals surface area contributed by atoms with Crippen LogP contribution in [-0.4, -0.2) is 27.0 Å². The van der Waals surface area contributed by atoms with Gasteiger partial charge in [0.25, 0.3) is 0 Å². The molecule has 0 aliphatic carbocycles. The van der Waals surface area contributed by atoms with Gasteiger partial charge in [-0.3, -0.25) is 0 Å². The van der Waals surface area contributed by atoms with Gasteiger partial charge in [-0.05, 0) is 31.0 Å². The van der Waals surface area contributed by atoms with Crippen LogP contribution in [0.25, 0.3) is 0 Å². The number of hydrogen-bond donors (Lipinski definition) is 4. The molecule has 5 N–H and O–H groups in total. The smallest absolute Gasteiger partial charge is 0.188 e. The monoisotopic (exact) mass is 244 g/mol. The zero-order valence-corrected chi connectivity index (χ0v) is 9.67. The molecular formula is C10H16N2O3S. The first-order valence-electron chi connectivity index (χ1n) is 5.00. The molecule has 0 saturated carbocycles. The van der Waals surface area contributed by atoms with Gasteiger partial charge >= 0.3 is 0 Å². The zero-order chi connectivity index (χ0) is 12.0. The van der Waals surface area contributed by atoms with E-state index in [4.69, 9.17) is 15.4 Å². The fraction of sp³-hybridized carbons (Fsp3) is 0.400. The van der Waals surface area contributed by atoms with Crippen LogP contribution >= 0.6 is 0 Å². The third-order valence-corrected chi connectivity index (χ3v) is 2.86. The van der Waals surface area contributed by atoms with Gasteiger partial charge in [0.1, 0.15) is 0 Å². The largest absolute Gasteiger partial charge is 0.398 e. The molecule has 1 rings (SSSR count). The van der Waals surface area contributed by atoms with Crippen LogP contribution in [0.2, 0.25) is 0 Å². The van der Waals surface area contributed by atoms with Crippen molar-refractivity contribution in [1.82, 2.24) is 0 Å². The Morgan fingerprint density at radius 1 is 1.38 bits per heavy atom. The summed E-state index contributed by atoms with van der Waals surface area (Å²) in [6, 6.07) is 4.86. The predicted octanol–water partition coefficient (Wildman–Crippen LogP) is 1.03. The summed E-state index contributed by atoms with van der Waals surface area (Å²) in [5, 5.41) is 11.7. The second-order valence-corrected chi connectivity index (χ2v) is 4.30. The predicted molar refractivity (Wildman–Crippen MR) is 64.7 cm³/mol. The van der Waals surface area contributed by atoms with Crippen molar-refractivity contribution >= 4 is 22.5 Å². The summed E-state index contributed by atoms with van der Waals surface area (Å²) in [5.74, 6) is 0. The van der Waals surface area contributed by atoms with Crippen molar-refractivity contribution < 1.29 is 13.9 Å². The molecule has 0 amide bonds. The van der Waals surface area contributed by atoms with Gasteiger partial charge in [0, 0.05) is 18.8 Å². The molecule has 0 fully saturated rings. The van der Waals surface area contributed by atoms with Gasteiger partial charge in [0.05, 0.1) is 10.6 Å². The number of rotatable bonds is 6. The van der Waals surface area contributed by atoms with E-state index in [2.05, 4.69) is 5.32 Å². The van der Waals surface area contributed by atoms with Crippen LogP contribution in [0.3, 0.4) is 0 Å². The van der Waals surface area contributed by atoms with Crippen LogP contribution in [-0.2, 0) is 11.1 Å². The topological polar surface area (TPSA) is 95.6 Å². The minimum absolute atomic E-state index is 0.187. The fourth-order valence-corrected chi connectivity index (χ4v) is 1.73. The highest BCUT2D eigenvalue weighted by Crippen LogP contribution is 2.20. The number of nitrogens with one attached hydrogen (secondary N) is 1. The van der Waals surface area contributed by atoms with Gasteiger partial charge in [-0.1, -0.05) is 0 Å². The van der Waals surface area contributed by atoms with Crippen molar-refractivity contribution in [3.63, 3.8) is 0 Å². The molecule has 0 aromatic heterocycles. The van der Waals surface area contributed by atoms with Crippen LogP contribution in [0.5, 0.6) is 0 Å². The first-order valence-corrected chi connectivity index (χ1v) is 6.11. The number of aliphatic hydroxyl groups is 1. The molecule has 0 spiro atoms. The zero-order valence-electron chi connectivity index (χ0n) is 8.85. The molecule has 0 heterocycles. The van der Waals surface area contributed by atoms with Gasteiger partial charge in [0.2, 0.25) is 0 Å². The van der Waals surface area contributed by atoms with E-state index in [9.17, 15) is 4.21 Å². The van der Waals surface area contributed by atoms with Crippen molar-refractivity contribution in [3.05, 3.63) is 18.2 Å². The molecule has 1 aromatic rings. The molecule has 6 heteroatoms. The lowest BCUT2D eigenvalue weighted by molar-refractivity contribution is 0.286. The summed E-state index contributed by atoms with van der Waals surface area (Å²) >= 11 is -2.04. The van der Waals surface area contributed by atoms with E-state index in [1.165, 1.54) is 6.07 Å². The van der Waals surface area contributed by atoms with Crippen molar-refractivity contribution in [2.75, 3.05) is 24.2 Å². The first-order chi connectivity index (χ1) is 7.65. The summed E-state index contributed by atoms with van der Waals surface area (Å²) in [6.07, 6.45) is 1.62. The van der Waals surface area contributed by atoms with Gasteiger partial charge in [0.15, 0.2) is 11.1 Å². The fourth-order valence-electron chi connectivity index (χ4n) is 1.29. The summed E-state index contributed by atoms with van der Waals surface area (Å²) in [5.41, 5.74) is 6.73. The van der Waals surface area contributed by atoms with Crippen LogP contribution < -0.4 is 11.1 Å². The minimum Gasteiger partial charge on any atom is -0.398 e. The molecule has 5 nitrogen and oxygen atoms in total. The highest BCUT2D eigenvalue weighted by molar-refractivity contribution is 7.79. The Morgan fingerprint density at radius 3 is 2.69 bits per heavy atom. The van der Waals surface area contributed by atoms with Gasteiger partial charge in [-0.15, -0.1) is 0 Å². The number of anilines is 2. The molecule has 1 unspecified atom stereocenters. The Hall–Kier alpha value is -1.11. The maximum Gasteiger partial charge on any atom is 0.188 e. The standard InChI is InChI=1S/C10H16N2O3S/c11-9-7-8(12-5-1-2-6-13)3-4-10(9)16(14)15/h3-4,7,12-13H,1-2,5-6,11H2,(H,14,15). The third-order valence-electron chi connectivity index (χ3n) is 2.11. The molecule has 0 bridgehead atoms. The van der Waals surface area contributed by atoms with Crippen LogP contribution in [0.4, 0.5) is 11.4 Å². The Labute approximate surface area is 97.0 Å². The Bertz CT molecular complexity index is 371. The molecular weight excluding hydrogens is 228 g/mol. The number of nitrogen functional groups attached to an aromatic ring is 1. The van der Waals surface area contributed by atoms with E-state index in [0.717, 1.165) is 25.1 Å². The van der Waals surface area contributed by atoms with Crippen molar-refractivity contribution in [1.29, 1.82) is 0 Å². The summed E-state index contributed by atoms with van der Waals surface area (Å²) in [7, 11) is 0. The maximum absolute atomic E-state index is 10.8. The Morgan fingerprint density at radius 2 is 2.12 bits per heavy atom. The molecule has 90 valence electrons. The van der Waals surface area contributed by atoms with E-state index in [-0.39, 0.29) is 11.5 Å². The van der Waals surface area contributed by atoms with Gasteiger partial charge in [-0.2, -0.15) is 0 Å². The Kier molecular flexibility index (Phi) is 5.24. The average Bonchev–Trinajstić information content (AvgIpc) is 2.24. The van der Waals surface area contributed by atoms with Gasteiger partial charge < -0.3 is 20.7 Å². The second-order valence-electron chi connectivity index (χ2n) is 3.36. The quantitative estimate of drug-likeness (QED) is 0.340. The molecule has 0 saturated heterocycles. The summed E-state index contributed by atoms with van der Waals surface area (Å²) in [4.78, 5) is 0.223. The molecule has 1 atom stereocenters. The van der Waals surface area contributed by atoms with Crippen molar-refractivity contribution in [2.24, 2.45) is 0 Å². The highest BCUT2D eigenvalue weighted by Gasteiger charge is 2.05. The maximum atomic E-state index is 10.8. The molecule has 0 radical (unpaired) electrons. The number of benzene rings is 1. The Balaban J connectivity index is 2.56. The second kappa shape index (κ2) is 6.47. The number of nitrogens with two attached hydrogens (primary N) is 1. The van der Waals surface area contributed by atoms with Crippen molar-refractivity contribution in [2.45, 2.75) is 17.7 Å². The third kappa shape index (κ3) is 3.80. The SMILES string of the molecule is Nc1cc(NCCCCO)ccc1S(=O)O. The van der Waals surface area contributed by atoms with E-state index in [1.54, 1.807) is 12.1 Å². The number of hydrogen-bond acceptors (Lipinski definition) is 4. The summed E-state index contributed by atoms with van der Waals surface area (Å²) < 4.78 is 19.7. The van der Waals surface area contributed by atoms with E-state index in [0.29, 0.717) is 5.69 Å². The van der Waals surface area contributed by atoms with Gasteiger partial charge in [-0.25, -0.2) is 4.21 Å². The van der Waals surface area contributed by atoms with Crippen molar-refractivity contribution in [3.8, 4) is 0 Å². The van der Waals surface area contributed by atoms with Crippen LogP contribution in [0, 0.1) is 0 Å². The molecule has 16 heavy (non-hydrogen) atoms. The lowest BCUT2D eigenvalue weighted by atomic mass is 10.2. The lowest BCUT2D eigenvalue weighted by Gasteiger charge is -2.08. The van der Waals surface area contributed by atoms with Crippen LogP contribution in [0.1, 0.15) is 12.8 Å². The van der Waals surface area contributed by atoms with E-state index in [1.807, 2.05) is 0 Å². The number of unbranched alkanes of at least 4 members (excludes halogenated alkanes) is 1. The van der Waals surface area contributed by atoms with Crippen LogP contribution in [0.15, 0.2) is 23.1 Å².